The SMILES string of the molecule is Cc1ccc(Cl)cc1OCC(=O)Nc1cccc(C#N)c1. The van der Waals surface area contributed by atoms with E-state index in [1.807, 2.05) is 19.1 Å². The Morgan fingerprint density at radius 2 is 2.14 bits per heavy atom. The Labute approximate surface area is 127 Å². The van der Waals surface area contributed by atoms with Crippen LogP contribution in [0.3, 0.4) is 0 Å². The van der Waals surface area contributed by atoms with Gasteiger partial charge in [0.25, 0.3) is 5.91 Å². The van der Waals surface area contributed by atoms with E-state index in [0.717, 1.165) is 5.56 Å². The van der Waals surface area contributed by atoms with Crippen LogP contribution in [0.25, 0.3) is 0 Å². The molecular weight excluding hydrogens is 288 g/mol. The van der Waals surface area contributed by atoms with Gasteiger partial charge in [0, 0.05) is 10.7 Å². The van der Waals surface area contributed by atoms with E-state index in [1.54, 1.807) is 36.4 Å². The summed E-state index contributed by atoms with van der Waals surface area (Å²) >= 11 is 5.88. The highest BCUT2D eigenvalue weighted by molar-refractivity contribution is 6.30. The Morgan fingerprint density at radius 1 is 1.33 bits per heavy atom. The van der Waals surface area contributed by atoms with E-state index in [0.29, 0.717) is 22.0 Å². The maximum Gasteiger partial charge on any atom is 0.262 e. The van der Waals surface area contributed by atoms with Gasteiger partial charge in [-0.2, -0.15) is 5.26 Å². The van der Waals surface area contributed by atoms with E-state index in [1.165, 1.54) is 0 Å². The number of carbonyl (C=O) groups excluding carboxylic acids is 1. The second kappa shape index (κ2) is 6.78. The molecule has 2 rings (SSSR count). The number of amides is 1. The standard InChI is InChI=1S/C16H13ClN2O2/c1-11-5-6-13(17)8-15(11)21-10-16(20)19-14-4-2-3-12(7-14)9-18/h2-8H,10H2,1H3,(H,19,20). The fourth-order valence-corrected chi connectivity index (χ4v) is 1.90. The third kappa shape index (κ3) is 4.23. The van der Waals surface area contributed by atoms with Gasteiger partial charge in [-0.15, -0.1) is 0 Å². The highest BCUT2D eigenvalue weighted by atomic mass is 35.5. The maximum absolute atomic E-state index is 11.8. The molecule has 0 aliphatic carbocycles. The number of ether oxygens (including phenoxy) is 1. The molecule has 0 unspecified atom stereocenters. The Kier molecular flexibility index (Phi) is 4.81. The topological polar surface area (TPSA) is 62.1 Å². The van der Waals surface area contributed by atoms with Crippen LogP contribution in [-0.2, 0) is 4.79 Å². The zero-order valence-corrected chi connectivity index (χ0v) is 12.1. The number of nitrogens with zero attached hydrogens (tertiary/aromatic N) is 1. The van der Waals surface area contributed by atoms with E-state index < -0.39 is 0 Å². The molecule has 5 heteroatoms. The Balaban J connectivity index is 1.96. The van der Waals surface area contributed by atoms with Gasteiger partial charge in [-0.25, -0.2) is 0 Å². The van der Waals surface area contributed by atoms with Gasteiger partial charge in [0.15, 0.2) is 6.61 Å². The smallest absolute Gasteiger partial charge is 0.262 e. The molecule has 2 aromatic carbocycles. The van der Waals surface area contributed by atoms with E-state index in [4.69, 9.17) is 21.6 Å². The van der Waals surface area contributed by atoms with Crippen molar-refractivity contribution in [2.75, 3.05) is 11.9 Å². The van der Waals surface area contributed by atoms with Crippen LogP contribution in [0, 0.1) is 18.3 Å². The van der Waals surface area contributed by atoms with Crippen molar-refractivity contribution >= 4 is 23.2 Å². The first-order chi connectivity index (χ1) is 10.1. The number of hydrogen-bond acceptors (Lipinski definition) is 3. The molecule has 4 nitrogen and oxygen atoms in total. The van der Waals surface area contributed by atoms with Gasteiger partial charge in [-0.3, -0.25) is 4.79 Å². The zero-order chi connectivity index (χ0) is 15.2. The summed E-state index contributed by atoms with van der Waals surface area (Å²) < 4.78 is 5.45. The molecule has 0 aliphatic rings. The highest BCUT2D eigenvalue weighted by Gasteiger charge is 2.06. The second-order valence-electron chi connectivity index (χ2n) is 4.44. The van der Waals surface area contributed by atoms with E-state index >= 15 is 0 Å². The average molecular weight is 301 g/mol. The summed E-state index contributed by atoms with van der Waals surface area (Å²) in [6, 6.07) is 14.0. The largest absolute Gasteiger partial charge is 0.483 e. The molecule has 1 N–H and O–H groups in total. The average Bonchev–Trinajstić information content (AvgIpc) is 2.48. The van der Waals surface area contributed by atoms with Gasteiger partial charge >= 0.3 is 0 Å². The monoisotopic (exact) mass is 300 g/mol. The number of anilines is 1. The van der Waals surface area contributed by atoms with Crippen molar-refractivity contribution in [2.45, 2.75) is 6.92 Å². The molecule has 0 spiro atoms. The molecule has 0 aliphatic heterocycles. The molecule has 0 saturated carbocycles. The van der Waals surface area contributed by atoms with Crippen LogP contribution in [0.15, 0.2) is 42.5 Å². The van der Waals surface area contributed by atoms with Gasteiger partial charge in [0.2, 0.25) is 0 Å². The van der Waals surface area contributed by atoms with Crippen molar-refractivity contribution in [3.05, 3.63) is 58.6 Å². The van der Waals surface area contributed by atoms with Gasteiger partial charge in [0.1, 0.15) is 5.75 Å². The summed E-state index contributed by atoms with van der Waals surface area (Å²) in [6.45, 7) is 1.75. The van der Waals surface area contributed by atoms with Crippen molar-refractivity contribution in [3.8, 4) is 11.8 Å². The molecule has 0 fully saturated rings. The molecule has 2 aromatic rings. The van der Waals surface area contributed by atoms with Crippen LogP contribution < -0.4 is 10.1 Å². The molecule has 0 bridgehead atoms. The maximum atomic E-state index is 11.8. The molecule has 0 heterocycles. The van der Waals surface area contributed by atoms with Crippen LogP contribution >= 0.6 is 11.6 Å². The number of nitrogens with one attached hydrogen (secondary N) is 1. The van der Waals surface area contributed by atoms with Crippen LogP contribution in [0.1, 0.15) is 11.1 Å². The fraction of sp³-hybridized carbons (Fsp3) is 0.125. The number of benzene rings is 2. The second-order valence-corrected chi connectivity index (χ2v) is 4.88. The molecule has 1 amide bonds. The minimum absolute atomic E-state index is 0.127. The Bertz CT molecular complexity index is 708. The van der Waals surface area contributed by atoms with E-state index in [2.05, 4.69) is 5.32 Å². The highest BCUT2D eigenvalue weighted by Crippen LogP contribution is 2.22. The third-order valence-electron chi connectivity index (χ3n) is 2.78. The molecule has 0 aromatic heterocycles. The number of carbonyl (C=O) groups is 1. The summed E-state index contributed by atoms with van der Waals surface area (Å²) in [5, 5.41) is 12.0. The van der Waals surface area contributed by atoms with Crippen LogP contribution in [0.5, 0.6) is 5.75 Å². The fourth-order valence-electron chi connectivity index (χ4n) is 1.74. The summed E-state index contributed by atoms with van der Waals surface area (Å²) in [6.07, 6.45) is 0. The van der Waals surface area contributed by atoms with Gasteiger partial charge in [0.05, 0.1) is 11.6 Å². The van der Waals surface area contributed by atoms with Crippen LogP contribution in [-0.4, -0.2) is 12.5 Å². The number of halogens is 1. The summed E-state index contributed by atoms with van der Waals surface area (Å²) in [7, 11) is 0. The van der Waals surface area contributed by atoms with Crippen molar-refractivity contribution in [3.63, 3.8) is 0 Å². The van der Waals surface area contributed by atoms with Crippen molar-refractivity contribution in [1.29, 1.82) is 5.26 Å². The third-order valence-corrected chi connectivity index (χ3v) is 3.02. The lowest BCUT2D eigenvalue weighted by Crippen LogP contribution is -2.20. The normalized spacial score (nSPS) is 9.76. The first-order valence-corrected chi connectivity index (χ1v) is 6.65. The summed E-state index contributed by atoms with van der Waals surface area (Å²) in [4.78, 5) is 11.8. The lowest BCUT2D eigenvalue weighted by atomic mass is 10.2. The number of hydrogen-bond donors (Lipinski definition) is 1. The number of rotatable bonds is 4. The molecule has 106 valence electrons. The predicted molar refractivity (Wildman–Crippen MR) is 81.5 cm³/mol. The van der Waals surface area contributed by atoms with Gasteiger partial charge in [-0.05, 0) is 42.8 Å². The number of aryl methyl sites for hydroxylation is 1. The first kappa shape index (κ1) is 14.9. The van der Waals surface area contributed by atoms with Crippen molar-refractivity contribution in [1.82, 2.24) is 0 Å². The van der Waals surface area contributed by atoms with Crippen LogP contribution in [0.4, 0.5) is 5.69 Å². The molecule has 0 saturated heterocycles. The van der Waals surface area contributed by atoms with E-state index in [9.17, 15) is 4.79 Å². The van der Waals surface area contributed by atoms with Crippen LogP contribution in [0.2, 0.25) is 5.02 Å². The van der Waals surface area contributed by atoms with Crippen molar-refractivity contribution in [2.24, 2.45) is 0 Å². The lowest BCUT2D eigenvalue weighted by molar-refractivity contribution is -0.118. The van der Waals surface area contributed by atoms with Gasteiger partial charge < -0.3 is 10.1 Å². The zero-order valence-electron chi connectivity index (χ0n) is 11.4. The molecule has 0 radical (unpaired) electrons. The van der Waals surface area contributed by atoms with Gasteiger partial charge in [-0.1, -0.05) is 23.7 Å². The van der Waals surface area contributed by atoms with Crippen molar-refractivity contribution < 1.29 is 9.53 Å². The number of nitriles is 1. The Hall–Kier alpha value is -2.51. The lowest BCUT2D eigenvalue weighted by Gasteiger charge is -2.10. The molecule has 0 atom stereocenters. The Morgan fingerprint density at radius 3 is 2.90 bits per heavy atom. The molecule has 21 heavy (non-hydrogen) atoms. The first-order valence-electron chi connectivity index (χ1n) is 6.27. The predicted octanol–water partition coefficient (Wildman–Crippen LogP) is 3.54. The molecular formula is C16H13ClN2O2. The summed E-state index contributed by atoms with van der Waals surface area (Å²) in [5.74, 6) is 0.271. The minimum Gasteiger partial charge on any atom is -0.483 e. The quantitative estimate of drug-likeness (QED) is 0.939. The summed E-state index contributed by atoms with van der Waals surface area (Å²) in [5.41, 5.74) is 1.95. The van der Waals surface area contributed by atoms with E-state index in [-0.39, 0.29) is 12.5 Å². The minimum atomic E-state index is -0.301.